The molecule has 4 amide bonds. The van der Waals surface area contributed by atoms with Gasteiger partial charge >= 0.3 is 6.03 Å². The number of ketones is 1. The van der Waals surface area contributed by atoms with E-state index in [1.807, 2.05) is 11.0 Å². The van der Waals surface area contributed by atoms with Gasteiger partial charge in [0.05, 0.1) is 24.7 Å². The number of halogens is 2. The van der Waals surface area contributed by atoms with Crippen molar-refractivity contribution in [2.24, 2.45) is 16.8 Å². The average Bonchev–Trinajstić information content (AvgIpc) is 3.51. The SMILES string of the molecule is CC(=O)CN1C(=O)C2C(N=CN2[C@@H](C)C(=O)Nc2csc(-c3ccc(N4CC5C(C4)C5(F)F)nc3)n2)N(C)C1=O. The fourth-order valence-electron chi connectivity index (χ4n) is 5.51. The highest BCUT2D eigenvalue weighted by Crippen LogP contribution is 2.59. The second kappa shape index (κ2) is 9.28. The molecule has 2 saturated heterocycles. The van der Waals surface area contributed by atoms with E-state index < -0.39 is 53.9 Å². The van der Waals surface area contributed by atoms with Crippen molar-refractivity contribution >= 4 is 52.9 Å². The number of Topliss-reactive ketones (excluding diaryl/α,β-unsaturated/α-hetero) is 1. The number of piperidine rings is 1. The number of nitrogens with one attached hydrogen (secondary N) is 1. The third-order valence-corrected chi connectivity index (χ3v) is 8.78. The Labute approximate surface area is 231 Å². The summed E-state index contributed by atoms with van der Waals surface area (Å²) in [5.74, 6) is -4.13. The molecule has 5 atom stereocenters. The number of hydrogen-bond donors (Lipinski definition) is 1. The molecule has 3 fully saturated rings. The summed E-state index contributed by atoms with van der Waals surface area (Å²) in [4.78, 5) is 69.1. The number of rotatable bonds is 7. The van der Waals surface area contributed by atoms with Crippen LogP contribution < -0.4 is 10.2 Å². The Hall–Kier alpha value is -4.01. The zero-order valence-electron chi connectivity index (χ0n) is 21.8. The lowest BCUT2D eigenvalue weighted by Crippen LogP contribution is -2.66. The fraction of sp³-hybridized carbons (Fsp3) is 0.480. The second-order valence-corrected chi connectivity index (χ2v) is 11.3. The number of hydrogen-bond acceptors (Lipinski definition) is 10. The van der Waals surface area contributed by atoms with E-state index in [-0.39, 0.29) is 12.3 Å². The minimum Gasteiger partial charge on any atom is -0.356 e. The molecule has 1 saturated carbocycles. The molecule has 0 bridgehead atoms. The van der Waals surface area contributed by atoms with Crippen LogP contribution in [-0.4, -0.2) is 105 Å². The molecule has 6 rings (SSSR count). The summed E-state index contributed by atoms with van der Waals surface area (Å²) in [6.45, 7) is 3.14. The van der Waals surface area contributed by atoms with Crippen molar-refractivity contribution in [3.05, 3.63) is 23.7 Å². The van der Waals surface area contributed by atoms with Crippen LogP contribution in [0.25, 0.3) is 10.6 Å². The number of carbonyl (C=O) groups excluding carboxylic acids is 4. The molecular formula is C25H26F2N8O4S. The van der Waals surface area contributed by atoms with E-state index in [4.69, 9.17) is 0 Å². The van der Waals surface area contributed by atoms with Crippen molar-refractivity contribution in [2.75, 3.05) is 36.9 Å². The first kappa shape index (κ1) is 26.2. The highest BCUT2D eigenvalue weighted by Gasteiger charge is 2.71. The van der Waals surface area contributed by atoms with Crippen LogP contribution in [0, 0.1) is 11.8 Å². The number of imide groups is 1. The van der Waals surface area contributed by atoms with Crippen molar-refractivity contribution < 1.29 is 28.0 Å². The molecule has 12 nitrogen and oxygen atoms in total. The molecule has 210 valence electrons. The number of amides is 4. The number of urea groups is 1. The largest absolute Gasteiger partial charge is 0.356 e. The third kappa shape index (κ3) is 4.19. The molecular weight excluding hydrogens is 546 g/mol. The van der Waals surface area contributed by atoms with E-state index in [0.29, 0.717) is 29.7 Å². The zero-order valence-corrected chi connectivity index (χ0v) is 22.6. The van der Waals surface area contributed by atoms with Crippen molar-refractivity contribution in [1.82, 2.24) is 24.7 Å². The van der Waals surface area contributed by atoms with Crippen LogP contribution in [0.15, 0.2) is 28.7 Å². The zero-order chi connectivity index (χ0) is 28.5. The highest BCUT2D eigenvalue weighted by atomic mass is 32.1. The van der Waals surface area contributed by atoms with E-state index in [0.717, 1.165) is 10.5 Å². The van der Waals surface area contributed by atoms with Gasteiger partial charge in [0, 0.05) is 37.3 Å². The maximum Gasteiger partial charge on any atom is 0.328 e. The molecule has 5 heterocycles. The van der Waals surface area contributed by atoms with E-state index in [1.54, 1.807) is 24.6 Å². The van der Waals surface area contributed by atoms with Crippen LogP contribution in [0.1, 0.15) is 13.8 Å². The molecule has 4 aliphatic rings. The number of nitrogens with zero attached hydrogens (tertiary/aromatic N) is 7. The highest BCUT2D eigenvalue weighted by molar-refractivity contribution is 7.13. The van der Waals surface area contributed by atoms with Crippen LogP contribution in [0.5, 0.6) is 0 Å². The number of thiazole rings is 1. The smallest absolute Gasteiger partial charge is 0.328 e. The first-order chi connectivity index (χ1) is 19.0. The van der Waals surface area contributed by atoms with E-state index in [1.165, 1.54) is 41.4 Å². The maximum absolute atomic E-state index is 13.5. The predicted octanol–water partition coefficient (Wildman–Crippen LogP) is 1.75. The first-order valence-electron chi connectivity index (χ1n) is 12.7. The quantitative estimate of drug-likeness (QED) is 0.531. The van der Waals surface area contributed by atoms with Crippen molar-refractivity contribution in [3.8, 4) is 10.6 Å². The standard InChI is InChI=1S/C25H26F2N8O4S/c1-12(36)7-34-23(38)19-20(32(3)24(34)39)29-11-35(19)13(2)21(37)30-17-10-40-22(31-17)14-4-5-18(28-6-14)33-8-15-16(9-33)25(15,26)27/h4-6,10-11,13,15-16,19-20H,7-9H2,1-3H3,(H,30,37)/t13-,15?,16?,19?,20?/m0/s1. The van der Waals surface area contributed by atoms with E-state index in [2.05, 4.69) is 20.3 Å². The number of fused-ring (bicyclic) bond motifs is 2. The van der Waals surface area contributed by atoms with Crippen LogP contribution in [0.2, 0.25) is 0 Å². The van der Waals surface area contributed by atoms with Gasteiger partial charge in [-0.25, -0.2) is 28.5 Å². The van der Waals surface area contributed by atoms with Gasteiger partial charge in [-0.1, -0.05) is 0 Å². The molecule has 0 spiro atoms. The fourth-order valence-corrected chi connectivity index (χ4v) is 6.25. The number of pyridine rings is 1. The molecule has 0 radical (unpaired) electrons. The predicted molar refractivity (Wildman–Crippen MR) is 141 cm³/mol. The molecule has 40 heavy (non-hydrogen) atoms. The number of carbonyl (C=O) groups is 4. The van der Waals surface area contributed by atoms with Crippen LogP contribution in [-0.2, 0) is 14.4 Å². The Balaban J connectivity index is 1.10. The van der Waals surface area contributed by atoms with Gasteiger partial charge in [-0.15, -0.1) is 11.3 Å². The van der Waals surface area contributed by atoms with Gasteiger partial charge in [0.1, 0.15) is 28.5 Å². The first-order valence-corrected chi connectivity index (χ1v) is 13.6. The Morgan fingerprint density at radius 2 is 1.95 bits per heavy atom. The number of anilines is 2. The molecule has 1 N–H and O–H groups in total. The maximum atomic E-state index is 13.5. The molecule has 2 aromatic heterocycles. The normalized spacial score (nSPS) is 27.1. The second-order valence-electron chi connectivity index (χ2n) is 10.5. The molecule has 2 aromatic rings. The van der Waals surface area contributed by atoms with Crippen molar-refractivity contribution in [3.63, 3.8) is 0 Å². The Morgan fingerprint density at radius 3 is 2.60 bits per heavy atom. The lowest BCUT2D eigenvalue weighted by molar-refractivity contribution is -0.141. The van der Waals surface area contributed by atoms with E-state index >= 15 is 0 Å². The molecule has 1 aliphatic carbocycles. The summed E-state index contributed by atoms with van der Waals surface area (Å²) < 4.78 is 27.0. The lowest BCUT2D eigenvalue weighted by atomic mass is 10.1. The molecule has 0 aromatic carbocycles. The number of likely N-dealkylation sites (N-methyl/N-ethyl adjacent to an activating group) is 1. The number of aliphatic imine (C=N–C) groups is 1. The van der Waals surface area contributed by atoms with Gasteiger partial charge in [-0.3, -0.25) is 19.3 Å². The summed E-state index contributed by atoms with van der Waals surface area (Å²) >= 11 is 1.30. The van der Waals surface area contributed by atoms with Crippen molar-refractivity contribution in [1.29, 1.82) is 0 Å². The Morgan fingerprint density at radius 1 is 1.23 bits per heavy atom. The van der Waals surface area contributed by atoms with Gasteiger partial charge in [0.25, 0.3) is 11.8 Å². The van der Waals surface area contributed by atoms with Gasteiger partial charge < -0.3 is 20.0 Å². The summed E-state index contributed by atoms with van der Waals surface area (Å²) in [5, 5.41) is 5.05. The third-order valence-electron chi connectivity index (χ3n) is 7.89. The summed E-state index contributed by atoms with van der Waals surface area (Å²) in [6.07, 6.45) is 2.20. The monoisotopic (exact) mass is 572 g/mol. The summed E-state index contributed by atoms with van der Waals surface area (Å²) in [6, 6.07) is 1.20. The van der Waals surface area contributed by atoms with Crippen LogP contribution in [0.3, 0.4) is 0 Å². The average molecular weight is 573 g/mol. The van der Waals surface area contributed by atoms with Gasteiger partial charge in [-0.05, 0) is 26.0 Å². The molecule has 15 heteroatoms. The van der Waals surface area contributed by atoms with Gasteiger partial charge in [0.15, 0.2) is 12.2 Å². The van der Waals surface area contributed by atoms with Crippen LogP contribution in [0.4, 0.5) is 25.2 Å². The van der Waals surface area contributed by atoms with E-state index in [9.17, 15) is 28.0 Å². The minimum absolute atomic E-state index is 0.298. The minimum atomic E-state index is -2.55. The van der Waals surface area contributed by atoms with Crippen molar-refractivity contribution in [2.45, 2.75) is 38.0 Å². The topological polar surface area (TPSA) is 131 Å². The Bertz CT molecular complexity index is 1420. The molecule has 4 unspecified atom stereocenters. The number of alkyl halides is 2. The van der Waals surface area contributed by atoms with Crippen LogP contribution >= 0.6 is 11.3 Å². The Kier molecular flexibility index (Phi) is 6.09. The summed E-state index contributed by atoms with van der Waals surface area (Å²) in [5.41, 5.74) is 0.720. The lowest BCUT2D eigenvalue weighted by Gasteiger charge is -2.41. The summed E-state index contributed by atoms with van der Waals surface area (Å²) in [7, 11) is 1.50. The van der Waals surface area contributed by atoms with Gasteiger partial charge in [-0.2, -0.15) is 0 Å². The number of aromatic nitrogens is 2. The molecule has 3 aliphatic heterocycles. The van der Waals surface area contributed by atoms with Gasteiger partial charge in [0.2, 0.25) is 5.91 Å².